The van der Waals surface area contributed by atoms with Crippen molar-refractivity contribution in [1.29, 1.82) is 0 Å². The molecule has 3 atom stereocenters. The van der Waals surface area contributed by atoms with E-state index in [0.29, 0.717) is 18.0 Å². The largest absolute Gasteiger partial charge is 0.382 e. The fourth-order valence-corrected chi connectivity index (χ4v) is 3.08. The molecule has 3 N–H and O–H groups in total. The van der Waals surface area contributed by atoms with E-state index in [-0.39, 0.29) is 5.69 Å². The number of likely N-dealkylation sites (tertiary alicyclic amines) is 1. The van der Waals surface area contributed by atoms with Gasteiger partial charge in [0.1, 0.15) is 0 Å². The Balaban J connectivity index is 1.80. The van der Waals surface area contributed by atoms with Crippen LogP contribution in [0.4, 0.5) is 5.69 Å². The minimum Gasteiger partial charge on any atom is -0.382 e. The Morgan fingerprint density at radius 2 is 2.00 bits per heavy atom. The lowest BCUT2D eigenvalue weighted by atomic mass is 9.89. The van der Waals surface area contributed by atoms with Crippen molar-refractivity contribution >= 4 is 16.7 Å². The van der Waals surface area contributed by atoms with Crippen molar-refractivity contribution < 1.29 is 0 Å². The van der Waals surface area contributed by atoms with Crippen LogP contribution in [-0.4, -0.2) is 40.5 Å². The zero-order chi connectivity index (χ0) is 14.3. The molecule has 1 fully saturated rings. The van der Waals surface area contributed by atoms with Crippen molar-refractivity contribution in [3.05, 3.63) is 28.7 Å². The molecule has 0 radical (unpaired) electrons. The molecule has 1 aliphatic heterocycles. The highest BCUT2D eigenvalue weighted by molar-refractivity contribution is 5.78. The normalized spacial score (nSPS) is 27.9. The predicted octanol–water partition coefficient (Wildman–Crippen LogP) is 2.00. The molecule has 5 heteroatoms. The van der Waals surface area contributed by atoms with Crippen LogP contribution in [0.2, 0.25) is 0 Å². The molecule has 5 nitrogen and oxygen atoms in total. The topological polar surface area (TPSA) is 63.9 Å². The van der Waals surface area contributed by atoms with E-state index < -0.39 is 0 Å². The van der Waals surface area contributed by atoms with Gasteiger partial charge < -0.3 is 20.2 Å². The Morgan fingerprint density at radius 3 is 2.80 bits per heavy atom. The molecule has 0 amide bonds. The average Bonchev–Trinajstić information content (AvgIpc) is 2.75. The maximum absolute atomic E-state index is 11.3. The smallest absolute Gasteiger partial charge is 0.323 e. The molecule has 3 unspecified atom stereocenters. The first-order valence-electron chi connectivity index (χ1n) is 7.22. The zero-order valence-electron chi connectivity index (χ0n) is 12.2. The molecular formula is C15H22N4O. The van der Waals surface area contributed by atoms with Gasteiger partial charge >= 0.3 is 5.69 Å². The van der Waals surface area contributed by atoms with Crippen molar-refractivity contribution in [3.8, 4) is 0 Å². The first-order chi connectivity index (χ1) is 9.52. The van der Waals surface area contributed by atoms with Crippen LogP contribution >= 0.6 is 0 Å². The first-order valence-corrected chi connectivity index (χ1v) is 7.22. The van der Waals surface area contributed by atoms with Gasteiger partial charge in [-0.3, -0.25) is 0 Å². The van der Waals surface area contributed by atoms with Gasteiger partial charge in [-0.25, -0.2) is 4.79 Å². The summed E-state index contributed by atoms with van der Waals surface area (Å²) in [6, 6.07) is 7.05. The number of aromatic amines is 2. The van der Waals surface area contributed by atoms with E-state index in [1.807, 2.05) is 18.2 Å². The molecule has 1 aliphatic rings. The molecule has 2 heterocycles. The van der Waals surface area contributed by atoms with Crippen LogP contribution < -0.4 is 11.0 Å². The second kappa shape index (κ2) is 4.98. The average molecular weight is 274 g/mol. The van der Waals surface area contributed by atoms with E-state index in [9.17, 15) is 4.79 Å². The number of H-pyrrole nitrogens is 2. The Labute approximate surface area is 118 Å². The van der Waals surface area contributed by atoms with Crippen LogP contribution in [0, 0.1) is 5.92 Å². The summed E-state index contributed by atoms with van der Waals surface area (Å²) in [5.41, 5.74) is 2.62. The quantitative estimate of drug-likeness (QED) is 0.785. The van der Waals surface area contributed by atoms with E-state index in [4.69, 9.17) is 0 Å². The summed E-state index contributed by atoms with van der Waals surface area (Å²) in [6.45, 7) is 5.67. The van der Waals surface area contributed by atoms with Gasteiger partial charge in [0.05, 0.1) is 11.0 Å². The number of fused-ring (bicyclic) bond motifs is 1. The van der Waals surface area contributed by atoms with Gasteiger partial charge in [-0.15, -0.1) is 0 Å². The minimum atomic E-state index is -0.154. The standard InChI is InChI=1S/C15H22N4O/c1-9-8-19(3)10(2)6-13(9)16-11-4-5-12-14(7-11)18-15(20)17-12/h4-5,7,9-10,13,16H,6,8H2,1-3H3,(H2,17,18,20). The molecule has 0 spiro atoms. The van der Waals surface area contributed by atoms with Gasteiger partial charge in [-0.05, 0) is 44.5 Å². The minimum absolute atomic E-state index is 0.154. The number of piperidine rings is 1. The lowest BCUT2D eigenvalue weighted by Gasteiger charge is -2.40. The molecular weight excluding hydrogens is 252 g/mol. The van der Waals surface area contributed by atoms with Gasteiger partial charge in [-0.1, -0.05) is 6.92 Å². The summed E-state index contributed by atoms with van der Waals surface area (Å²) in [6.07, 6.45) is 1.14. The third-order valence-corrected chi connectivity index (χ3v) is 4.48. The number of benzene rings is 1. The van der Waals surface area contributed by atoms with Crippen LogP contribution in [-0.2, 0) is 0 Å². The highest BCUT2D eigenvalue weighted by atomic mass is 16.1. The lowest BCUT2D eigenvalue weighted by molar-refractivity contribution is 0.145. The van der Waals surface area contributed by atoms with Crippen LogP contribution in [0.15, 0.2) is 23.0 Å². The molecule has 1 aromatic heterocycles. The molecule has 20 heavy (non-hydrogen) atoms. The number of anilines is 1. The Bertz CT molecular complexity index is 659. The summed E-state index contributed by atoms with van der Waals surface area (Å²) >= 11 is 0. The first kappa shape index (κ1) is 13.2. The molecule has 1 aromatic carbocycles. The van der Waals surface area contributed by atoms with Gasteiger partial charge in [0.2, 0.25) is 0 Å². The number of hydrogen-bond acceptors (Lipinski definition) is 3. The van der Waals surface area contributed by atoms with E-state index >= 15 is 0 Å². The summed E-state index contributed by atoms with van der Waals surface area (Å²) < 4.78 is 0. The van der Waals surface area contributed by atoms with Gasteiger partial charge in [0.15, 0.2) is 0 Å². The number of nitrogens with one attached hydrogen (secondary N) is 3. The van der Waals surface area contributed by atoms with Crippen LogP contribution in [0.1, 0.15) is 20.3 Å². The van der Waals surface area contributed by atoms with Crippen LogP contribution in [0.25, 0.3) is 11.0 Å². The number of aromatic nitrogens is 2. The van der Waals surface area contributed by atoms with Crippen molar-refractivity contribution in [2.24, 2.45) is 5.92 Å². The van der Waals surface area contributed by atoms with Gasteiger partial charge in [0, 0.05) is 24.3 Å². The second-order valence-electron chi connectivity index (χ2n) is 6.09. The maximum atomic E-state index is 11.3. The van der Waals surface area contributed by atoms with E-state index in [2.05, 4.69) is 41.1 Å². The van der Waals surface area contributed by atoms with E-state index in [1.165, 1.54) is 0 Å². The predicted molar refractivity (Wildman–Crippen MR) is 82.2 cm³/mol. The Morgan fingerprint density at radius 1 is 1.25 bits per heavy atom. The number of imidazole rings is 1. The monoisotopic (exact) mass is 274 g/mol. The highest BCUT2D eigenvalue weighted by Crippen LogP contribution is 2.25. The Hall–Kier alpha value is -1.75. The Kier molecular flexibility index (Phi) is 3.30. The molecule has 0 aliphatic carbocycles. The fraction of sp³-hybridized carbons (Fsp3) is 0.533. The van der Waals surface area contributed by atoms with E-state index in [0.717, 1.165) is 29.7 Å². The summed E-state index contributed by atoms with van der Waals surface area (Å²) in [4.78, 5) is 19.3. The van der Waals surface area contributed by atoms with Crippen molar-refractivity contribution in [2.45, 2.75) is 32.4 Å². The molecule has 2 aromatic rings. The summed E-state index contributed by atoms with van der Waals surface area (Å²) in [5, 5.41) is 3.62. The summed E-state index contributed by atoms with van der Waals surface area (Å²) in [7, 11) is 2.19. The van der Waals surface area contributed by atoms with Crippen molar-refractivity contribution in [1.82, 2.24) is 14.9 Å². The third-order valence-electron chi connectivity index (χ3n) is 4.48. The molecule has 0 bridgehead atoms. The maximum Gasteiger partial charge on any atom is 0.323 e. The van der Waals surface area contributed by atoms with Crippen molar-refractivity contribution in [3.63, 3.8) is 0 Å². The molecule has 0 saturated carbocycles. The summed E-state index contributed by atoms with van der Waals surface area (Å²) in [5.74, 6) is 0.608. The zero-order valence-corrected chi connectivity index (χ0v) is 12.2. The van der Waals surface area contributed by atoms with Gasteiger partial charge in [0.25, 0.3) is 0 Å². The van der Waals surface area contributed by atoms with Gasteiger partial charge in [-0.2, -0.15) is 0 Å². The van der Waals surface area contributed by atoms with E-state index in [1.54, 1.807) is 0 Å². The SMILES string of the molecule is CC1CN(C)C(C)CC1Nc1ccc2[nH]c(=O)[nH]c2c1. The number of rotatable bonds is 2. The lowest BCUT2D eigenvalue weighted by Crippen LogP contribution is -2.48. The van der Waals surface area contributed by atoms with Crippen LogP contribution in [0.5, 0.6) is 0 Å². The molecule has 108 valence electrons. The van der Waals surface area contributed by atoms with Crippen molar-refractivity contribution in [2.75, 3.05) is 18.9 Å². The fourth-order valence-electron chi connectivity index (χ4n) is 3.08. The second-order valence-corrected chi connectivity index (χ2v) is 6.09. The number of hydrogen-bond donors (Lipinski definition) is 3. The number of nitrogens with zero attached hydrogens (tertiary/aromatic N) is 1. The van der Waals surface area contributed by atoms with Crippen LogP contribution in [0.3, 0.4) is 0 Å². The molecule has 3 rings (SSSR count). The third kappa shape index (κ3) is 2.45. The molecule has 1 saturated heterocycles. The highest BCUT2D eigenvalue weighted by Gasteiger charge is 2.28.